The first-order valence-corrected chi connectivity index (χ1v) is 15.3. The fourth-order valence-corrected chi connectivity index (χ4v) is 7.51. The van der Waals surface area contributed by atoms with Crippen molar-refractivity contribution in [3.05, 3.63) is 107 Å². The number of rotatable bonds is 6. The monoisotopic (exact) mass is 612 g/mol. The van der Waals surface area contributed by atoms with E-state index in [1.165, 1.54) is 28.3 Å². The van der Waals surface area contributed by atoms with Crippen LogP contribution in [0.4, 0.5) is 13.2 Å². The summed E-state index contributed by atoms with van der Waals surface area (Å²) >= 11 is 2.98. The maximum atomic E-state index is 13.7. The maximum absolute atomic E-state index is 13.7. The molecule has 6 aromatic rings. The lowest BCUT2D eigenvalue weighted by Gasteiger charge is -2.14. The molecule has 0 fully saturated rings. The standard InChI is InChI=1S/C32H23F3N6S2/c33-32(34,35)22-11-6-12-23(18-22)41-28(21-10-7-17-36-19-21)39-40-31(41)43-30-27-24-13-4-5-14-25(24)42-29(27)37-26(38-30)16-15-20-8-2-1-3-9-20/h1-3,6-12,15-19H,4-5,13-14H2/b16-15+. The Hall–Kier alpha value is -4.35. The number of alkyl halides is 3. The Labute approximate surface area is 253 Å². The molecule has 0 atom stereocenters. The highest BCUT2D eigenvalue weighted by Gasteiger charge is 2.31. The number of thiophene rings is 1. The summed E-state index contributed by atoms with van der Waals surface area (Å²) in [6.45, 7) is 0. The molecule has 0 saturated heterocycles. The number of halogens is 3. The first-order chi connectivity index (χ1) is 20.9. The van der Waals surface area contributed by atoms with E-state index < -0.39 is 11.7 Å². The van der Waals surface area contributed by atoms with Crippen molar-refractivity contribution in [1.29, 1.82) is 0 Å². The Bertz CT molecular complexity index is 1950. The summed E-state index contributed by atoms with van der Waals surface area (Å²) in [5, 5.41) is 11.0. The van der Waals surface area contributed by atoms with E-state index in [0.29, 0.717) is 33.1 Å². The Kier molecular flexibility index (Phi) is 7.28. The van der Waals surface area contributed by atoms with Gasteiger partial charge in [0.25, 0.3) is 0 Å². The predicted octanol–water partition coefficient (Wildman–Crippen LogP) is 8.55. The molecule has 0 amide bonds. The van der Waals surface area contributed by atoms with E-state index in [9.17, 15) is 13.2 Å². The first-order valence-electron chi connectivity index (χ1n) is 13.7. The van der Waals surface area contributed by atoms with Crippen molar-refractivity contribution in [2.45, 2.75) is 42.0 Å². The van der Waals surface area contributed by atoms with Gasteiger partial charge < -0.3 is 0 Å². The van der Waals surface area contributed by atoms with Crippen molar-refractivity contribution in [3.63, 3.8) is 0 Å². The fraction of sp³-hybridized carbons (Fsp3) is 0.156. The zero-order chi connectivity index (χ0) is 29.4. The zero-order valence-corrected chi connectivity index (χ0v) is 24.3. The number of hydrogen-bond acceptors (Lipinski definition) is 7. The molecule has 0 spiro atoms. The van der Waals surface area contributed by atoms with Gasteiger partial charge in [-0.25, -0.2) is 9.97 Å². The second-order valence-corrected chi connectivity index (χ2v) is 12.1. The molecule has 6 nitrogen and oxygen atoms in total. The van der Waals surface area contributed by atoms with Gasteiger partial charge in [0.15, 0.2) is 11.6 Å². The highest BCUT2D eigenvalue weighted by molar-refractivity contribution is 7.99. The molecule has 0 radical (unpaired) electrons. The minimum atomic E-state index is -4.50. The second kappa shape index (κ2) is 11.4. The van der Waals surface area contributed by atoms with Crippen molar-refractivity contribution < 1.29 is 13.2 Å². The molecule has 0 N–H and O–H groups in total. The summed E-state index contributed by atoms with van der Waals surface area (Å²) < 4.78 is 42.9. The topological polar surface area (TPSA) is 69.4 Å². The van der Waals surface area contributed by atoms with Crippen LogP contribution in [0.5, 0.6) is 0 Å². The molecule has 0 unspecified atom stereocenters. The molecule has 214 valence electrons. The number of hydrogen-bond donors (Lipinski definition) is 0. The highest BCUT2D eigenvalue weighted by atomic mass is 32.2. The van der Waals surface area contributed by atoms with Gasteiger partial charge in [0.05, 0.1) is 11.3 Å². The molecule has 1 aliphatic carbocycles. The Morgan fingerprint density at radius 1 is 0.884 bits per heavy atom. The summed E-state index contributed by atoms with van der Waals surface area (Å²) in [7, 11) is 0. The van der Waals surface area contributed by atoms with Crippen LogP contribution in [0.1, 0.15) is 40.2 Å². The summed E-state index contributed by atoms with van der Waals surface area (Å²) in [6, 6.07) is 18.7. The highest BCUT2D eigenvalue weighted by Crippen LogP contribution is 2.42. The lowest BCUT2D eigenvalue weighted by Crippen LogP contribution is -2.07. The van der Waals surface area contributed by atoms with Crippen LogP contribution in [0, 0.1) is 0 Å². The zero-order valence-electron chi connectivity index (χ0n) is 22.6. The van der Waals surface area contributed by atoms with Crippen molar-refractivity contribution in [2.75, 3.05) is 0 Å². The van der Waals surface area contributed by atoms with Gasteiger partial charge in [-0.3, -0.25) is 9.55 Å². The van der Waals surface area contributed by atoms with Crippen LogP contribution in [0.3, 0.4) is 0 Å². The molecule has 0 bridgehead atoms. The lowest BCUT2D eigenvalue weighted by atomic mass is 9.97. The minimum Gasteiger partial charge on any atom is -0.270 e. The maximum Gasteiger partial charge on any atom is 0.416 e. The first kappa shape index (κ1) is 27.5. The molecule has 0 saturated carbocycles. The smallest absolute Gasteiger partial charge is 0.270 e. The van der Waals surface area contributed by atoms with Gasteiger partial charge in [0.2, 0.25) is 5.16 Å². The SMILES string of the molecule is FC(F)(F)c1cccc(-n2c(Sc3nc(/C=C/c4ccccc4)nc4sc5c(c34)CCCC5)nnc2-c2cccnc2)c1. The third kappa shape index (κ3) is 5.57. The van der Waals surface area contributed by atoms with E-state index in [1.54, 1.807) is 46.5 Å². The number of nitrogens with zero attached hydrogens (tertiary/aromatic N) is 6. The number of pyridine rings is 1. The number of fused-ring (bicyclic) bond motifs is 3. The van der Waals surface area contributed by atoms with E-state index >= 15 is 0 Å². The van der Waals surface area contributed by atoms with Crippen LogP contribution < -0.4 is 0 Å². The molecular formula is C32H23F3N6S2. The Balaban J connectivity index is 1.39. The third-order valence-corrected chi connectivity index (χ3v) is 9.32. The summed E-state index contributed by atoms with van der Waals surface area (Å²) in [5.74, 6) is 0.937. The van der Waals surface area contributed by atoms with E-state index in [4.69, 9.17) is 9.97 Å². The van der Waals surface area contributed by atoms with Crippen LogP contribution in [-0.4, -0.2) is 29.7 Å². The van der Waals surface area contributed by atoms with Crippen molar-refractivity contribution in [2.24, 2.45) is 0 Å². The average Bonchev–Trinajstić information content (AvgIpc) is 3.62. The van der Waals surface area contributed by atoms with Crippen molar-refractivity contribution in [3.8, 4) is 17.1 Å². The minimum absolute atomic E-state index is 0.294. The van der Waals surface area contributed by atoms with E-state index in [1.807, 2.05) is 42.5 Å². The molecule has 2 aromatic carbocycles. The van der Waals surface area contributed by atoms with Crippen molar-refractivity contribution >= 4 is 45.5 Å². The second-order valence-electron chi connectivity index (χ2n) is 10.1. The molecule has 43 heavy (non-hydrogen) atoms. The summed E-state index contributed by atoms with van der Waals surface area (Å²) in [5.41, 5.74) is 2.45. The van der Waals surface area contributed by atoms with Gasteiger partial charge in [0.1, 0.15) is 9.86 Å². The molecular weight excluding hydrogens is 590 g/mol. The summed E-state index contributed by atoms with van der Waals surface area (Å²) in [4.78, 5) is 16.3. The third-order valence-electron chi connectivity index (χ3n) is 7.20. The number of aryl methyl sites for hydroxylation is 2. The molecule has 4 aromatic heterocycles. The van der Waals surface area contributed by atoms with E-state index in [0.717, 1.165) is 53.6 Å². The van der Waals surface area contributed by atoms with E-state index in [2.05, 4.69) is 15.2 Å². The predicted molar refractivity (Wildman–Crippen MR) is 163 cm³/mol. The van der Waals surface area contributed by atoms with E-state index in [-0.39, 0.29) is 0 Å². The van der Waals surface area contributed by atoms with Gasteiger partial charge in [-0.1, -0.05) is 42.5 Å². The largest absolute Gasteiger partial charge is 0.416 e. The van der Waals surface area contributed by atoms with Gasteiger partial charge >= 0.3 is 6.18 Å². The number of benzene rings is 2. The van der Waals surface area contributed by atoms with Crippen LogP contribution in [0.25, 0.3) is 39.4 Å². The summed E-state index contributed by atoms with van der Waals surface area (Å²) in [6.07, 6.45) is 6.76. The van der Waals surface area contributed by atoms with Crippen LogP contribution in [-0.2, 0) is 19.0 Å². The molecule has 0 aliphatic heterocycles. The number of aromatic nitrogens is 6. The van der Waals surface area contributed by atoms with Gasteiger partial charge in [-0.15, -0.1) is 21.5 Å². The van der Waals surface area contributed by atoms with Crippen molar-refractivity contribution in [1.82, 2.24) is 29.7 Å². The van der Waals surface area contributed by atoms with Gasteiger partial charge in [0, 0.05) is 28.2 Å². The van der Waals surface area contributed by atoms with Crippen LogP contribution in [0.15, 0.2) is 89.3 Å². The average molecular weight is 613 g/mol. The lowest BCUT2D eigenvalue weighted by molar-refractivity contribution is -0.137. The molecule has 4 heterocycles. The van der Waals surface area contributed by atoms with Crippen LogP contribution in [0.2, 0.25) is 0 Å². The van der Waals surface area contributed by atoms with Crippen LogP contribution >= 0.6 is 23.1 Å². The Morgan fingerprint density at radius 3 is 2.56 bits per heavy atom. The normalized spacial score (nSPS) is 13.6. The molecule has 7 rings (SSSR count). The van der Waals surface area contributed by atoms with Gasteiger partial charge in [-0.2, -0.15) is 13.2 Å². The van der Waals surface area contributed by atoms with Gasteiger partial charge in [-0.05, 0) is 85.0 Å². The fourth-order valence-electron chi connectivity index (χ4n) is 5.18. The molecule has 11 heteroatoms. The Morgan fingerprint density at radius 2 is 1.74 bits per heavy atom. The molecule has 1 aliphatic rings. The quantitative estimate of drug-likeness (QED) is 0.176.